The lowest BCUT2D eigenvalue weighted by atomic mass is 9.99. The molecule has 8 nitrogen and oxygen atoms in total. The van der Waals surface area contributed by atoms with Crippen LogP contribution in [-0.2, 0) is 22.6 Å². The third-order valence-corrected chi connectivity index (χ3v) is 7.48. The van der Waals surface area contributed by atoms with Crippen LogP contribution >= 0.6 is 0 Å². The molecule has 4 N–H and O–H groups in total. The van der Waals surface area contributed by atoms with E-state index in [1.54, 1.807) is 0 Å². The van der Waals surface area contributed by atoms with E-state index in [4.69, 9.17) is 9.47 Å². The fourth-order valence-electron chi connectivity index (χ4n) is 5.35. The number of rotatable bonds is 9. The zero-order valence-electron chi connectivity index (χ0n) is 22.0. The quantitative estimate of drug-likeness (QED) is 0.324. The van der Waals surface area contributed by atoms with Crippen LogP contribution in [0, 0.1) is 0 Å². The van der Waals surface area contributed by atoms with Crippen LogP contribution in [0.1, 0.15) is 53.9 Å². The molecule has 0 bridgehead atoms. The predicted molar refractivity (Wildman–Crippen MR) is 149 cm³/mol. The van der Waals surface area contributed by atoms with Crippen LogP contribution in [0.2, 0.25) is 0 Å². The molecule has 2 fully saturated rings. The lowest BCUT2D eigenvalue weighted by Gasteiger charge is -2.38. The largest absolute Gasteiger partial charge is 0.395 e. The van der Waals surface area contributed by atoms with Crippen LogP contribution in [0.3, 0.4) is 0 Å². The fraction of sp³-hybridized carbons (Fsp3) is 0.387. The predicted octanol–water partition coefficient (Wildman–Crippen LogP) is 4.50. The van der Waals surface area contributed by atoms with Crippen LogP contribution in [0.5, 0.6) is 0 Å². The summed E-state index contributed by atoms with van der Waals surface area (Å²) in [5, 5.41) is 25.1. The molecule has 39 heavy (non-hydrogen) atoms. The fourth-order valence-corrected chi connectivity index (χ4v) is 5.35. The highest BCUT2D eigenvalue weighted by molar-refractivity contribution is 5.89. The van der Waals surface area contributed by atoms with Gasteiger partial charge in [-0.15, -0.1) is 0 Å². The number of carbonyl (C=O) groups excluding carboxylic acids is 1. The molecular formula is C31H37N3O5. The number of nitrogens with one attached hydrogen (secondary N) is 2. The monoisotopic (exact) mass is 531 g/mol. The van der Waals surface area contributed by atoms with E-state index in [1.165, 1.54) is 0 Å². The van der Waals surface area contributed by atoms with Gasteiger partial charge in [0.1, 0.15) is 0 Å². The molecule has 4 atom stereocenters. The topological polar surface area (TPSA) is 103 Å². The first-order valence-corrected chi connectivity index (χ1v) is 13.7. The summed E-state index contributed by atoms with van der Waals surface area (Å²) in [4.78, 5) is 14.9. The highest BCUT2D eigenvalue weighted by atomic mass is 16.7. The normalized spacial score (nSPS) is 23.4. The SMILES string of the molecule is O=C(NCc1ccccc1)Nc1cccc([C@H]2O[C@@H](CN3CCC[C@H]3CO)C[C@@H](c3ccc(CO)cc3)O2)c1. The second kappa shape index (κ2) is 13.2. The van der Waals surface area contributed by atoms with Gasteiger partial charge in [0.05, 0.1) is 25.4 Å². The molecule has 206 valence electrons. The highest BCUT2D eigenvalue weighted by Gasteiger charge is 2.35. The second-order valence-corrected chi connectivity index (χ2v) is 10.2. The molecule has 0 unspecified atom stereocenters. The van der Waals surface area contributed by atoms with Crippen LogP contribution in [0.25, 0.3) is 0 Å². The van der Waals surface area contributed by atoms with Crippen molar-refractivity contribution >= 4 is 11.7 Å². The van der Waals surface area contributed by atoms with Crippen LogP contribution < -0.4 is 10.6 Å². The Labute approximate surface area is 229 Å². The van der Waals surface area contributed by atoms with Gasteiger partial charge in [-0.2, -0.15) is 0 Å². The van der Waals surface area contributed by atoms with E-state index < -0.39 is 6.29 Å². The van der Waals surface area contributed by atoms with Gasteiger partial charge in [-0.3, -0.25) is 4.90 Å². The number of carbonyl (C=O) groups is 1. The molecule has 2 aliphatic heterocycles. The summed E-state index contributed by atoms with van der Waals surface area (Å²) in [6, 6.07) is 25.0. The van der Waals surface area contributed by atoms with Crippen LogP contribution in [-0.4, -0.2) is 53.0 Å². The molecule has 3 aromatic rings. The minimum absolute atomic E-state index is 0.00358. The number of benzene rings is 3. The van der Waals surface area contributed by atoms with E-state index >= 15 is 0 Å². The minimum atomic E-state index is -0.615. The standard InChI is InChI=1S/C31H37N3O5/c35-20-23-11-13-24(14-12-23)29-17-28(19-34-15-5-10-27(34)21-36)38-30(39-29)25-8-4-9-26(16-25)33-31(37)32-18-22-6-2-1-3-7-22/h1-4,6-9,11-14,16,27-30,35-36H,5,10,15,17-21H2,(H2,32,33,37)/t27-,28+,29-,30-/m0/s1. The van der Waals surface area contributed by atoms with Crippen molar-refractivity contribution in [3.05, 3.63) is 101 Å². The summed E-state index contributed by atoms with van der Waals surface area (Å²) in [6.07, 6.45) is 1.85. The van der Waals surface area contributed by atoms with E-state index in [0.29, 0.717) is 18.7 Å². The number of hydrogen-bond acceptors (Lipinski definition) is 6. The Morgan fingerprint density at radius 2 is 1.74 bits per heavy atom. The molecule has 8 heteroatoms. The van der Waals surface area contributed by atoms with Crippen molar-refractivity contribution in [1.29, 1.82) is 0 Å². The number of amides is 2. The Morgan fingerprint density at radius 1 is 0.923 bits per heavy atom. The first kappa shape index (κ1) is 27.3. The maximum atomic E-state index is 12.5. The minimum Gasteiger partial charge on any atom is -0.395 e. The Morgan fingerprint density at radius 3 is 2.51 bits per heavy atom. The van der Waals surface area contributed by atoms with Crippen molar-refractivity contribution in [2.75, 3.05) is 25.0 Å². The van der Waals surface area contributed by atoms with Gasteiger partial charge >= 0.3 is 6.03 Å². The molecule has 0 radical (unpaired) electrons. The van der Waals surface area contributed by atoms with Gasteiger partial charge in [-0.05, 0) is 48.2 Å². The van der Waals surface area contributed by atoms with Gasteiger partial charge in [-0.25, -0.2) is 4.79 Å². The summed E-state index contributed by atoms with van der Waals surface area (Å²) in [7, 11) is 0. The maximum Gasteiger partial charge on any atom is 0.319 e. The van der Waals surface area contributed by atoms with E-state index in [0.717, 1.165) is 48.2 Å². The number of anilines is 1. The van der Waals surface area contributed by atoms with E-state index in [-0.39, 0.29) is 37.5 Å². The van der Waals surface area contributed by atoms with Gasteiger partial charge < -0.3 is 30.3 Å². The highest BCUT2D eigenvalue weighted by Crippen LogP contribution is 2.39. The molecule has 3 aromatic carbocycles. The molecule has 2 heterocycles. The molecular weight excluding hydrogens is 494 g/mol. The Kier molecular flexibility index (Phi) is 9.23. The first-order valence-electron chi connectivity index (χ1n) is 13.7. The summed E-state index contributed by atoms with van der Waals surface area (Å²) < 4.78 is 12.9. The number of likely N-dealkylation sites (tertiary alicyclic amines) is 1. The van der Waals surface area contributed by atoms with Gasteiger partial charge in [0, 0.05) is 36.8 Å². The number of aliphatic hydroxyl groups excluding tert-OH is 2. The molecule has 2 aliphatic rings. The zero-order chi connectivity index (χ0) is 27.0. The van der Waals surface area contributed by atoms with Crippen LogP contribution in [0.15, 0.2) is 78.9 Å². The maximum absolute atomic E-state index is 12.5. The van der Waals surface area contributed by atoms with Crippen molar-refractivity contribution in [3.8, 4) is 0 Å². The Hall–Kier alpha value is -3.27. The van der Waals surface area contributed by atoms with E-state index in [2.05, 4.69) is 15.5 Å². The van der Waals surface area contributed by atoms with Crippen molar-refractivity contribution < 1.29 is 24.5 Å². The molecule has 0 spiro atoms. The first-order chi connectivity index (χ1) is 19.1. The summed E-state index contributed by atoms with van der Waals surface area (Å²) in [5.41, 5.74) is 4.37. The van der Waals surface area contributed by atoms with Gasteiger partial charge in [0.15, 0.2) is 6.29 Å². The molecule has 2 amide bonds. The van der Waals surface area contributed by atoms with Gasteiger partial charge in [-0.1, -0.05) is 66.7 Å². The molecule has 0 saturated carbocycles. The van der Waals surface area contributed by atoms with E-state index in [1.807, 2.05) is 78.9 Å². The Balaban J connectivity index is 1.29. The molecule has 0 aliphatic carbocycles. The summed E-state index contributed by atoms with van der Waals surface area (Å²) in [6.45, 7) is 2.25. The third kappa shape index (κ3) is 7.23. The third-order valence-electron chi connectivity index (χ3n) is 7.48. The number of nitrogens with zero attached hydrogens (tertiary/aromatic N) is 1. The molecule has 0 aromatic heterocycles. The van der Waals surface area contributed by atoms with Gasteiger partial charge in [0.2, 0.25) is 0 Å². The van der Waals surface area contributed by atoms with Crippen LogP contribution in [0.4, 0.5) is 10.5 Å². The Bertz CT molecular complexity index is 1210. The lowest BCUT2D eigenvalue weighted by molar-refractivity contribution is -0.253. The second-order valence-electron chi connectivity index (χ2n) is 10.2. The lowest BCUT2D eigenvalue weighted by Crippen LogP contribution is -2.42. The van der Waals surface area contributed by atoms with Crippen molar-refractivity contribution in [3.63, 3.8) is 0 Å². The van der Waals surface area contributed by atoms with Crippen molar-refractivity contribution in [1.82, 2.24) is 10.2 Å². The van der Waals surface area contributed by atoms with Crippen molar-refractivity contribution in [2.45, 2.75) is 57.0 Å². The zero-order valence-corrected chi connectivity index (χ0v) is 22.0. The average molecular weight is 532 g/mol. The van der Waals surface area contributed by atoms with Gasteiger partial charge in [0.25, 0.3) is 0 Å². The summed E-state index contributed by atoms with van der Waals surface area (Å²) in [5.74, 6) is 0. The number of aliphatic hydroxyl groups is 2. The summed E-state index contributed by atoms with van der Waals surface area (Å²) >= 11 is 0. The number of ether oxygens (including phenoxy) is 2. The average Bonchev–Trinajstić information content (AvgIpc) is 3.43. The smallest absolute Gasteiger partial charge is 0.319 e. The van der Waals surface area contributed by atoms with E-state index in [9.17, 15) is 15.0 Å². The number of urea groups is 1. The molecule has 5 rings (SSSR count). The molecule has 2 saturated heterocycles. The van der Waals surface area contributed by atoms with Crippen molar-refractivity contribution in [2.24, 2.45) is 0 Å². The number of hydrogen-bond donors (Lipinski definition) is 4.